The Morgan fingerprint density at radius 2 is 1.35 bits per heavy atom. The van der Waals surface area contributed by atoms with Gasteiger partial charge < -0.3 is 0 Å². The molecule has 0 atom stereocenters. The lowest BCUT2D eigenvalue weighted by Gasteiger charge is -2.30. The van der Waals surface area contributed by atoms with E-state index in [1.165, 1.54) is 23.5 Å². The van der Waals surface area contributed by atoms with E-state index in [0.29, 0.717) is 5.92 Å². The highest BCUT2D eigenvalue weighted by atomic mass is 31.1. The molecule has 0 aliphatic heterocycles. The van der Waals surface area contributed by atoms with Crippen LogP contribution in [0.1, 0.15) is 33.6 Å². The molecule has 1 heteroatoms. The highest BCUT2D eigenvalue weighted by molar-refractivity contribution is 7.77. The second kappa shape index (κ2) is 7.28. The average molecular weight is 320 g/mol. The highest BCUT2D eigenvalue weighted by Crippen LogP contribution is 2.52. The summed E-state index contributed by atoms with van der Waals surface area (Å²) in [6, 6.07) is 22.1. The van der Waals surface area contributed by atoms with Gasteiger partial charge in [-0.2, -0.15) is 0 Å². The van der Waals surface area contributed by atoms with E-state index in [4.69, 9.17) is 0 Å². The lowest BCUT2D eigenvalue weighted by molar-refractivity contribution is 0.760. The lowest BCUT2D eigenvalue weighted by atomic mass is 9.93. The van der Waals surface area contributed by atoms with Crippen molar-refractivity contribution in [1.82, 2.24) is 0 Å². The first-order valence-electron chi connectivity index (χ1n) is 8.49. The van der Waals surface area contributed by atoms with Crippen molar-refractivity contribution in [2.75, 3.05) is 0 Å². The lowest BCUT2D eigenvalue weighted by Crippen LogP contribution is -2.17. The minimum atomic E-state index is -0.469. The second-order valence-electron chi connectivity index (χ2n) is 6.49. The number of benzene rings is 2. The third-order valence-electron chi connectivity index (χ3n) is 4.44. The summed E-state index contributed by atoms with van der Waals surface area (Å²) in [5, 5.41) is 4.52. The molecule has 0 N–H and O–H groups in total. The zero-order valence-corrected chi connectivity index (χ0v) is 15.2. The molecule has 0 aromatic heterocycles. The van der Waals surface area contributed by atoms with Crippen LogP contribution in [0.15, 0.2) is 83.2 Å². The van der Waals surface area contributed by atoms with Crippen molar-refractivity contribution < 1.29 is 0 Å². The van der Waals surface area contributed by atoms with Crippen LogP contribution in [0.2, 0.25) is 0 Å². The Morgan fingerprint density at radius 3 is 1.83 bits per heavy atom. The molecule has 0 heterocycles. The molecule has 0 fully saturated rings. The molecule has 23 heavy (non-hydrogen) atoms. The maximum atomic E-state index is 2.48. The summed E-state index contributed by atoms with van der Waals surface area (Å²) in [4.78, 5) is 0. The summed E-state index contributed by atoms with van der Waals surface area (Å²) in [6.45, 7) is 6.99. The van der Waals surface area contributed by atoms with Crippen LogP contribution in [0.25, 0.3) is 0 Å². The van der Waals surface area contributed by atoms with Gasteiger partial charge in [-0.1, -0.05) is 86.2 Å². The van der Waals surface area contributed by atoms with Crippen LogP contribution in [0.4, 0.5) is 0 Å². The van der Waals surface area contributed by atoms with Crippen molar-refractivity contribution in [1.29, 1.82) is 0 Å². The molecule has 0 spiro atoms. The monoisotopic (exact) mass is 320 g/mol. The number of hydrogen-bond acceptors (Lipinski definition) is 0. The molecular weight excluding hydrogens is 295 g/mol. The number of allylic oxidation sites excluding steroid dienone is 4. The van der Waals surface area contributed by atoms with E-state index >= 15 is 0 Å². The van der Waals surface area contributed by atoms with Gasteiger partial charge in [0.15, 0.2) is 0 Å². The van der Waals surface area contributed by atoms with Crippen LogP contribution in [0.5, 0.6) is 0 Å². The highest BCUT2D eigenvalue weighted by Gasteiger charge is 2.26. The Morgan fingerprint density at radius 1 is 0.826 bits per heavy atom. The Hall–Kier alpha value is -1.65. The van der Waals surface area contributed by atoms with Crippen LogP contribution >= 0.6 is 7.92 Å². The van der Waals surface area contributed by atoms with Crippen LogP contribution < -0.4 is 10.6 Å². The molecular formula is C22H25P. The van der Waals surface area contributed by atoms with Crippen molar-refractivity contribution in [3.63, 3.8) is 0 Å². The zero-order chi connectivity index (χ0) is 16.2. The van der Waals surface area contributed by atoms with Crippen molar-refractivity contribution in [2.24, 2.45) is 5.92 Å². The first-order chi connectivity index (χ1) is 11.2. The third-order valence-corrected chi connectivity index (χ3v) is 7.15. The van der Waals surface area contributed by atoms with Crippen LogP contribution in [0, 0.1) is 5.92 Å². The van der Waals surface area contributed by atoms with Gasteiger partial charge in [-0.15, -0.1) is 0 Å². The summed E-state index contributed by atoms with van der Waals surface area (Å²) in [7, 11) is -0.469. The van der Waals surface area contributed by atoms with Crippen molar-refractivity contribution in [3.8, 4) is 0 Å². The van der Waals surface area contributed by atoms with E-state index < -0.39 is 7.92 Å². The van der Waals surface area contributed by atoms with Gasteiger partial charge >= 0.3 is 0 Å². The largest absolute Gasteiger partial charge is 0.0801 e. The summed E-state index contributed by atoms with van der Waals surface area (Å²) in [6.07, 6.45) is 4.87. The van der Waals surface area contributed by atoms with Crippen LogP contribution in [-0.2, 0) is 0 Å². The molecule has 0 nitrogen and oxygen atoms in total. The van der Waals surface area contributed by atoms with E-state index in [9.17, 15) is 0 Å². The predicted octanol–water partition coefficient (Wildman–Crippen LogP) is 5.77. The Bertz CT molecular complexity index is 669. The Kier molecular flexibility index (Phi) is 5.13. The quantitative estimate of drug-likeness (QED) is 0.627. The molecule has 2 aromatic rings. The van der Waals surface area contributed by atoms with Gasteiger partial charge in [0.05, 0.1) is 0 Å². The maximum Gasteiger partial charge on any atom is -0.0130 e. The second-order valence-corrected chi connectivity index (χ2v) is 8.64. The van der Waals surface area contributed by atoms with Gasteiger partial charge in [-0.3, -0.25) is 0 Å². The van der Waals surface area contributed by atoms with Crippen LogP contribution in [0.3, 0.4) is 0 Å². The van der Waals surface area contributed by atoms with E-state index in [0.717, 1.165) is 0 Å². The van der Waals surface area contributed by atoms with Gasteiger partial charge in [-0.05, 0) is 55.1 Å². The molecule has 1 aliphatic carbocycles. The third kappa shape index (κ3) is 3.48. The predicted molar refractivity (Wildman–Crippen MR) is 104 cm³/mol. The number of hydrogen-bond donors (Lipinski definition) is 0. The molecule has 0 saturated carbocycles. The topological polar surface area (TPSA) is 0 Å². The molecule has 3 rings (SSSR count). The smallest absolute Gasteiger partial charge is 0.0130 e. The van der Waals surface area contributed by atoms with E-state index in [1.54, 1.807) is 16.5 Å². The van der Waals surface area contributed by atoms with E-state index in [-0.39, 0.29) is 0 Å². The Balaban J connectivity index is 2.18. The van der Waals surface area contributed by atoms with Crippen molar-refractivity contribution in [3.05, 3.63) is 83.2 Å². The summed E-state index contributed by atoms with van der Waals surface area (Å²) in [5.74, 6) is 0.581. The molecule has 118 valence electrons. The fourth-order valence-corrected chi connectivity index (χ4v) is 6.15. The standard InChI is InChI=1S/C22H25P/c1-17(2)21-16-10-11-18(3)22(21)23(19-12-6-4-7-13-19)20-14-8-5-9-15-20/h4-9,12-17H,10-11H2,1-3H3. The minimum Gasteiger partial charge on any atom is -0.0801 e. The molecule has 0 radical (unpaired) electrons. The summed E-state index contributed by atoms with van der Waals surface area (Å²) < 4.78 is 0. The fourth-order valence-electron chi connectivity index (χ4n) is 3.30. The zero-order valence-electron chi connectivity index (χ0n) is 14.3. The van der Waals surface area contributed by atoms with Crippen molar-refractivity contribution >= 4 is 18.5 Å². The summed E-state index contributed by atoms with van der Waals surface area (Å²) >= 11 is 0. The fraction of sp³-hybridized carbons (Fsp3) is 0.273. The van der Waals surface area contributed by atoms with E-state index in [1.807, 2.05) is 0 Å². The molecule has 0 saturated heterocycles. The first-order valence-corrected chi connectivity index (χ1v) is 9.83. The van der Waals surface area contributed by atoms with Gasteiger partial charge in [0, 0.05) is 0 Å². The normalized spacial score (nSPS) is 15.3. The van der Waals surface area contributed by atoms with Crippen LogP contribution in [-0.4, -0.2) is 0 Å². The minimum absolute atomic E-state index is 0.469. The van der Waals surface area contributed by atoms with E-state index in [2.05, 4.69) is 87.5 Å². The van der Waals surface area contributed by atoms with Gasteiger partial charge in [0.1, 0.15) is 0 Å². The molecule has 0 unspecified atom stereocenters. The van der Waals surface area contributed by atoms with Gasteiger partial charge in [0.25, 0.3) is 0 Å². The molecule has 1 aliphatic rings. The average Bonchev–Trinajstić information content (AvgIpc) is 2.58. The van der Waals surface area contributed by atoms with Gasteiger partial charge in [0.2, 0.25) is 0 Å². The van der Waals surface area contributed by atoms with Gasteiger partial charge in [-0.25, -0.2) is 0 Å². The molecule has 0 bridgehead atoms. The number of rotatable bonds is 4. The Labute approximate surface area is 141 Å². The maximum absolute atomic E-state index is 2.48. The summed E-state index contributed by atoms with van der Waals surface area (Å²) in [5.41, 5.74) is 3.14. The first kappa shape index (κ1) is 16.2. The van der Waals surface area contributed by atoms with Crippen molar-refractivity contribution in [2.45, 2.75) is 33.6 Å². The SMILES string of the molecule is CC1=C(P(c2ccccc2)c2ccccc2)C(C(C)C)=CCC1. The molecule has 2 aromatic carbocycles. The molecule has 0 amide bonds.